The van der Waals surface area contributed by atoms with Crippen molar-refractivity contribution < 1.29 is 9.59 Å². The fraction of sp³-hybridized carbons (Fsp3) is 0.273. The Balaban J connectivity index is 2.40. The molecule has 2 rings (SSSR count). The number of halogens is 3. The second kappa shape index (κ2) is 4.84. The summed E-state index contributed by atoms with van der Waals surface area (Å²) < 4.78 is 0. The predicted molar refractivity (Wildman–Crippen MR) is 67.8 cm³/mol. The summed E-state index contributed by atoms with van der Waals surface area (Å²) in [5, 5.41) is 0.723. The first-order valence-corrected chi connectivity index (χ1v) is 6.21. The lowest BCUT2D eigenvalue weighted by molar-refractivity contribution is -0.122. The molecule has 0 N–H and O–H groups in total. The summed E-state index contributed by atoms with van der Waals surface area (Å²) in [4.78, 5) is 24.7. The van der Waals surface area contributed by atoms with E-state index in [-0.39, 0.29) is 29.1 Å². The van der Waals surface area contributed by atoms with Crippen molar-refractivity contribution in [2.75, 3.05) is 10.8 Å². The van der Waals surface area contributed by atoms with Gasteiger partial charge >= 0.3 is 0 Å². The molecule has 1 heterocycles. The van der Waals surface area contributed by atoms with Gasteiger partial charge in [0.05, 0.1) is 16.6 Å². The molecule has 0 radical (unpaired) electrons. The van der Waals surface area contributed by atoms with Crippen LogP contribution in [-0.4, -0.2) is 17.7 Å². The molecule has 1 aromatic rings. The van der Waals surface area contributed by atoms with Crippen molar-refractivity contribution in [3.8, 4) is 0 Å². The average Bonchev–Trinajstić information content (AvgIpc) is 2.55. The van der Waals surface area contributed by atoms with Crippen molar-refractivity contribution in [3.63, 3.8) is 0 Å². The highest BCUT2D eigenvalue weighted by Crippen LogP contribution is 2.34. The average molecular weight is 293 g/mol. The van der Waals surface area contributed by atoms with Crippen LogP contribution in [0.25, 0.3) is 0 Å². The Kier molecular flexibility index (Phi) is 3.61. The van der Waals surface area contributed by atoms with Gasteiger partial charge in [0.25, 0.3) is 0 Å². The molecule has 1 fully saturated rings. The molecule has 1 unspecified atom stereocenters. The number of nitrogens with zero attached hydrogens (tertiary/aromatic N) is 1. The molecule has 1 aromatic carbocycles. The number of benzene rings is 1. The van der Waals surface area contributed by atoms with Gasteiger partial charge in [-0.3, -0.25) is 9.59 Å². The highest BCUT2D eigenvalue weighted by molar-refractivity contribution is 6.38. The van der Waals surface area contributed by atoms with Gasteiger partial charge in [-0.2, -0.15) is 0 Å². The smallest absolute Gasteiger partial charge is 0.238 e. The summed E-state index contributed by atoms with van der Waals surface area (Å²) in [5.41, 5.74) is 0.360. The number of carbonyl (C=O) groups is 2. The maximum atomic E-state index is 11.9. The number of carbonyl (C=O) groups excluding carboxylic acids is 2. The van der Waals surface area contributed by atoms with E-state index in [0.29, 0.717) is 10.7 Å². The number of alkyl halides is 1. The zero-order chi connectivity index (χ0) is 12.6. The zero-order valence-electron chi connectivity index (χ0n) is 8.62. The van der Waals surface area contributed by atoms with Gasteiger partial charge in [-0.25, -0.2) is 4.90 Å². The molecule has 0 saturated carbocycles. The first-order chi connectivity index (χ1) is 8.04. The van der Waals surface area contributed by atoms with E-state index in [1.54, 1.807) is 12.1 Å². The van der Waals surface area contributed by atoms with Gasteiger partial charge in [-0.15, -0.1) is 11.6 Å². The fourth-order valence-corrected chi connectivity index (χ4v) is 2.47. The number of anilines is 1. The Morgan fingerprint density at radius 1 is 1.29 bits per heavy atom. The van der Waals surface area contributed by atoms with Crippen molar-refractivity contribution >= 4 is 52.3 Å². The molecule has 3 nitrogen and oxygen atoms in total. The van der Waals surface area contributed by atoms with Crippen molar-refractivity contribution in [3.05, 3.63) is 28.2 Å². The molecule has 2 amide bonds. The number of hydrogen-bond acceptors (Lipinski definition) is 2. The minimum Gasteiger partial charge on any atom is -0.274 e. The SMILES string of the molecule is O=C1CC(CCl)C(=O)N1c1ccc(Cl)cc1Cl. The van der Waals surface area contributed by atoms with Crippen LogP contribution in [0.3, 0.4) is 0 Å². The van der Waals surface area contributed by atoms with Crippen LogP contribution in [0.1, 0.15) is 6.42 Å². The second-order valence-corrected chi connectivity index (χ2v) is 4.87. The van der Waals surface area contributed by atoms with Gasteiger partial charge in [0.15, 0.2) is 0 Å². The van der Waals surface area contributed by atoms with E-state index in [1.807, 2.05) is 0 Å². The van der Waals surface area contributed by atoms with E-state index in [1.165, 1.54) is 6.07 Å². The Hall–Kier alpha value is -0.770. The first-order valence-electron chi connectivity index (χ1n) is 4.92. The highest BCUT2D eigenvalue weighted by atomic mass is 35.5. The highest BCUT2D eigenvalue weighted by Gasteiger charge is 2.39. The van der Waals surface area contributed by atoms with Crippen molar-refractivity contribution in [1.82, 2.24) is 0 Å². The van der Waals surface area contributed by atoms with E-state index >= 15 is 0 Å². The van der Waals surface area contributed by atoms with Crippen LogP contribution in [0.5, 0.6) is 0 Å². The number of hydrogen-bond donors (Lipinski definition) is 0. The van der Waals surface area contributed by atoms with Gasteiger partial charge in [-0.05, 0) is 18.2 Å². The maximum absolute atomic E-state index is 11.9. The summed E-state index contributed by atoms with van der Waals surface area (Å²) in [6.07, 6.45) is 0.126. The lowest BCUT2D eigenvalue weighted by atomic mass is 10.1. The van der Waals surface area contributed by atoms with Crippen molar-refractivity contribution in [1.29, 1.82) is 0 Å². The van der Waals surface area contributed by atoms with Gasteiger partial charge in [-0.1, -0.05) is 23.2 Å². The minimum atomic E-state index is -0.462. The van der Waals surface area contributed by atoms with Crippen molar-refractivity contribution in [2.45, 2.75) is 6.42 Å². The van der Waals surface area contributed by atoms with Crippen LogP contribution in [0, 0.1) is 5.92 Å². The van der Waals surface area contributed by atoms with Crippen LogP contribution in [0.15, 0.2) is 18.2 Å². The molecule has 0 spiro atoms. The van der Waals surface area contributed by atoms with Gasteiger partial charge in [0.1, 0.15) is 0 Å². The van der Waals surface area contributed by atoms with E-state index in [0.717, 1.165) is 4.90 Å². The van der Waals surface area contributed by atoms with Crippen molar-refractivity contribution in [2.24, 2.45) is 5.92 Å². The normalized spacial score (nSPS) is 20.2. The Bertz CT molecular complexity index is 490. The molecule has 1 aliphatic heterocycles. The minimum absolute atomic E-state index is 0.126. The number of rotatable bonds is 2. The van der Waals surface area contributed by atoms with Crippen LogP contribution in [-0.2, 0) is 9.59 Å². The molecule has 0 bridgehead atoms. The van der Waals surface area contributed by atoms with Crippen LogP contribution in [0.4, 0.5) is 5.69 Å². The van der Waals surface area contributed by atoms with Crippen LogP contribution < -0.4 is 4.90 Å². The molecule has 1 aliphatic rings. The molecule has 1 atom stereocenters. The van der Waals surface area contributed by atoms with E-state index in [4.69, 9.17) is 34.8 Å². The summed E-state index contributed by atoms with van der Waals surface area (Å²) >= 11 is 17.4. The third kappa shape index (κ3) is 2.28. The van der Waals surface area contributed by atoms with E-state index in [9.17, 15) is 9.59 Å². The third-order valence-electron chi connectivity index (χ3n) is 2.58. The largest absolute Gasteiger partial charge is 0.274 e. The standard InChI is InChI=1S/C11H8Cl3NO2/c12-5-6-3-10(16)15(11(6)17)9-2-1-7(13)4-8(9)14/h1-2,4,6H,3,5H2. The number of imide groups is 1. The molecule has 17 heavy (non-hydrogen) atoms. The molecule has 0 aromatic heterocycles. The zero-order valence-corrected chi connectivity index (χ0v) is 10.9. The number of amides is 2. The quantitative estimate of drug-likeness (QED) is 0.620. The van der Waals surface area contributed by atoms with Crippen LogP contribution in [0.2, 0.25) is 10.0 Å². The Morgan fingerprint density at radius 3 is 2.53 bits per heavy atom. The Labute approximate surface area is 113 Å². The maximum Gasteiger partial charge on any atom is 0.238 e. The third-order valence-corrected chi connectivity index (χ3v) is 3.49. The van der Waals surface area contributed by atoms with Gasteiger partial charge < -0.3 is 0 Å². The summed E-state index contributed by atoms with van der Waals surface area (Å²) in [6, 6.07) is 4.63. The Morgan fingerprint density at radius 2 is 2.00 bits per heavy atom. The summed E-state index contributed by atoms with van der Waals surface area (Å²) in [7, 11) is 0. The molecule has 6 heteroatoms. The molecule has 90 valence electrons. The molecular formula is C11H8Cl3NO2. The molecule has 1 saturated heterocycles. The second-order valence-electron chi connectivity index (χ2n) is 3.72. The monoisotopic (exact) mass is 291 g/mol. The summed E-state index contributed by atoms with van der Waals surface area (Å²) in [5.74, 6) is -0.929. The van der Waals surface area contributed by atoms with Gasteiger partial charge in [0, 0.05) is 17.3 Å². The molecule has 0 aliphatic carbocycles. The van der Waals surface area contributed by atoms with E-state index in [2.05, 4.69) is 0 Å². The van der Waals surface area contributed by atoms with Crippen LogP contribution >= 0.6 is 34.8 Å². The lowest BCUT2D eigenvalue weighted by Gasteiger charge is -2.16. The summed E-state index contributed by atoms with van der Waals surface area (Å²) in [6.45, 7) is 0. The fourth-order valence-electron chi connectivity index (χ4n) is 1.73. The first kappa shape index (κ1) is 12.7. The van der Waals surface area contributed by atoms with E-state index < -0.39 is 5.92 Å². The lowest BCUT2D eigenvalue weighted by Crippen LogP contribution is -2.31. The topological polar surface area (TPSA) is 37.4 Å². The van der Waals surface area contributed by atoms with Gasteiger partial charge in [0.2, 0.25) is 11.8 Å². The predicted octanol–water partition coefficient (Wildman–Crippen LogP) is 3.11. The molecular weight excluding hydrogens is 284 g/mol.